The molecule has 0 rings (SSSR count). The zero-order valence-corrected chi connectivity index (χ0v) is 9.27. The Morgan fingerprint density at radius 1 is 1.88 bits per heavy atom. The van der Waals surface area contributed by atoms with Crippen LogP contribution in [0.5, 0.6) is 0 Å². The minimum atomic E-state index is -0.136. The van der Waals surface area contributed by atoms with Crippen molar-refractivity contribution in [3.05, 3.63) is 0 Å². The molecule has 0 atom stereocenters. The number of halogens is 1. The molecule has 0 aliphatic carbocycles. The summed E-state index contributed by atoms with van der Waals surface area (Å²) in [5, 5.41) is 0. The van der Waals surface area contributed by atoms with Gasteiger partial charge in [0, 0.05) is 6.42 Å². The quantitative estimate of drug-likeness (QED) is 0.446. The monoisotopic (exact) mass is 238 g/mol. The Morgan fingerprint density at radius 2 is 2.38 bits per heavy atom. The normalized spacial score (nSPS) is 7.25. The van der Waals surface area contributed by atoms with Gasteiger partial charge < -0.3 is 4.49 Å². The van der Waals surface area contributed by atoms with Gasteiger partial charge in [-0.3, -0.25) is 4.79 Å². The van der Waals surface area contributed by atoms with Gasteiger partial charge in [-0.2, -0.15) is 0 Å². The topological polar surface area (TPSA) is 26.3 Å². The summed E-state index contributed by atoms with van der Waals surface area (Å²) in [7, 11) is 0. The summed E-state index contributed by atoms with van der Waals surface area (Å²) < 4.78 is 4.32. The molecular formula is C4H8INaO2. The SMILES string of the molecule is CCCC(=O)OI.[H-].[Na+]. The van der Waals surface area contributed by atoms with Gasteiger partial charge in [0.25, 0.3) is 0 Å². The molecule has 0 aliphatic heterocycles. The number of carbonyl (C=O) groups is 1. The van der Waals surface area contributed by atoms with Crippen LogP contribution in [0.2, 0.25) is 0 Å². The van der Waals surface area contributed by atoms with E-state index in [0.29, 0.717) is 6.42 Å². The molecule has 0 N–H and O–H groups in total. The van der Waals surface area contributed by atoms with Crippen LogP contribution >= 0.6 is 23.0 Å². The molecule has 0 saturated carbocycles. The number of hydrogen-bond donors (Lipinski definition) is 0. The molecule has 8 heavy (non-hydrogen) atoms. The first-order valence-electron chi connectivity index (χ1n) is 2.12. The van der Waals surface area contributed by atoms with Gasteiger partial charge in [0.1, 0.15) is 0 Å². The largest absolute Gasteiger partial charge is 1.00 e. The fourth-order valence-electron chi connectivity index (χ4n) is 0.243. The van der Waals surface area contributed by atoms with Crippen LogP contribution in [-0.4, -0.2) is 5.97 Å². The Bertz CT molecular complexity index is 71.6. The summed E-state index contributed by atoms with van der Waals surface area (Å²) in [6.07, 6.45) is 1.39. The van der Waals surface area contributed by atoms with Gasteiger partial charge in [0.2, 0.25) is 0 Å². The molecule has 0 unspecified atom stereocenters. The van der Waals surface area contributed by atoms with Gasteiger partial charge in [0.15, 0.2) is 23.0 Å². The third-order valence-corrected chi connectivity index (χ3v) is 1.03. The molecule has 0 aliphatic rings. The molecule has 2 nitrogen and oxygen atoms in total. The molecule has 4 heteroatoms. The second-order valence-corrected chi connectivity index (χ2v) is 1.64. The number of hydrogen-bond acceptors (Lipinski definition) is 2. The van der Waals surface area contributed by atoms with Gasteiger partial charge in [0.05, 0.1) is 0 Å². The van der Waals surface area contributed by atoms with E-state index in [1.807, 2.05) is 6.92 Å². The Hall–Kier alpha value is 1.20. The maximum atomic E-state index is 10.2. The Kier molecular flexibility index (Phi) is 12.2. The molecule has 0 heterocycles. The van der Waals surface area contributed by atoms with Gasteiger partial charge in [-0.1, -0.05) is 6.92 Å². The molecule has 0 bridgehead atoms. The van der Waals surface area contributed by atoms with E-state index >= 15 is 0 Å². The fraction of sp³-hybridized carbons (Fsp3) is 0.750. The van der Waals surface area contributed by atoms with Crippen molar-refractivity contribution in [1.29, 1.82) is 0 Å². The van der Waals surface area contributed by atoms with Crippen molar-refractivity contribution in [2.24, 2.45) is 0 Å². The second-order valence-electron chi connectivity index (χ2n) is 1.20. The van der Waals surface area contributed by atoms with Crippen molar-refractivity contribution >= 4 is 29.0 Å². The van der Waals surface area contributed by atoms with E-state index in [-0.39, 0.29) is 37.0 Å². The average Bonchev–Trinajstić information content (AvgIpc) is 1.68. The van der Waals surface area contributed by atoms with Crippen LogP contribution in [0.15, 0.2) is 0 Å². The first-order valence-corrected chi connectivity index (χ1v) is 3.00. The Labute approximate surface area is 86.8 Å². The van der Waals surface area contributed by atoms with E-state index in [0.717, 1.165) is 6.42 Å². The van der Waals surface area contributed by atoms with E-state index < -0.39 is 0 Å². The minimum Gasteiger partial charge on any atom is -1.00 e. The maximum Gasteiger partial charge on any atom is 1.00 e. The summed E-state index contributed by atoms with van der Waals surface area (Å²) in [5.41, 5.74) is 0. The third-order valence-electron chi connectivity index (χ3n) is 0.540. The molecule has 0 fully saturated rings. The van der Waals surface area contributed by atoms with Crippen molar-refractivity contribution in [3.8, 4) is 0 Å². The summed E-state index contributed by atoms with van der Waals surface area (Å²) in [4.78, 5) is 10.2. The Balaban J connectivity index is -0.000000180. The molecule has 0 aromatic carbocycles. The van der Waals surface area contributed by atoms with Crippen LogP contribution in [0.1, 0.15) is 21.2 Å². The van der Waals surface area contributed by atoms with Crippen molar-refractivity contribution in [2.45, 2.75) is 19.8 Å². The van der Waals surface area contributed by atoms with E-state index in [1.165, 1.54) is 0 Å². The number of carbonyl (C=O) groups excluding carboxylic acids is 1. The summed E-state index contributed by atoms with van der Waals surface area (Å²) >= 11 is 1.59. The zero-order valence-electron chi connectivity index (χ0n) is 6.11. The second kappa shape index (κ2) is 8.20. The molecule has 0 amide bonds. The Morgan fingerprint density at radius 3 is 2.50 bits per heavy atom. The molecule has 44 valence electrons. The molecule has 0 saturated heterocycles. The summed E-state index contributed by atoms with van der Waals surface area (Å²) in [6.45, 7) is 1.94. The van der Waals surface area contributed by atoms with Gasteiger partial charge in [-0.25, -0.2) is 0 Å². The minimum absolute atomic E-state index is 0. The zero-order chi connectivity index (χ0) is 5.70. The average molecular weight is 238 g/mol. The fourth-order valence-corrected chi connectivity index (χ4v) is 0.463. The first kappa shape index (κ1) is 11.9. The van der Waals surface area contributed by atoms with Crippen molar-refractivity contribution < 1.29 is 38.8 Å². The molecule has 0 radical (unpaired) electrons. The van der Waals surface area contributed by atoms with Gasteiger partial charge in [-0.15, -0.1) is 0 Å². The third kappa shape index (κ3) is 7.20. The van der Waals surface area contributed by atoms with Crippen LogP contribution in [0.4, 0.5) is 0 Å². The molecular weight excluding hydrogens is 230 g/mol. The van der Waals surface area contributed by atoms with Crippen LogP contribution < -0.4 is 29.6 Å². The van der Waals surface area contributed by atoms with E-state index in [2.05, 4.69) is 3.07 Å². The van der Waals surface area contributed by atoms with Crippen LogP contribution in [0.25, 0.3) is 0 Å². The summed E-state index contributed by atoms with van der Waals surface area (Å²) in [5.74, 6) is -0.136. The van der Waals surface area contributed by atoms with Crippen LogP contribution in [0.3, 0.4) is 0 Å². The molecule has 0 spiro atoms. The first-order chi connectivity index (χ1) is 3.31. The van der Waals surface area contributed by atoms with Crippen LogP contribution in [0, 0.1) is 0 Å². The van der Waals surface area contributed by atoms with E-state index in [4.69, 9.17) is 0 Å². The predicted molar refractivity (Wildman–Crippen MR) is 36.1 cm³/mol. The van der Waals surface area contributed by atoms with Gasteiger partial charge in [-0.05, 0) is 6.42 Å². The molecule has 0 aromatic rings. The van der Waals surface area contributed by atoms with E-state index in [9.17, 15) is 4.79 Å². The standard InChI is InChI=1S/C4H7IO2.Na.H/c1-2-3-4(6)7-5;;/h2-3H2,1H3;;/q;+1;-1. The predicted octanol–water partition coefficient (Wildman–Crippen LogP) is -1.20. The van der Waals surface area contributed by atoms with Crippen molar-refractivity contribution in [1.82, 2.24) is 0 Å². The molecule has 0 aromatic heterocycles. The van der Waals surface area contributed by atoms with E-state index in [1.54, 1.807) is 23.0 Å². The van der Waals surface area contributed by atoms with Crippen molar-refractivity contribution in [3.63, 3.8) is 0 Å². The maximum absolute atomic E-state index is 10.2. The van der Waals surface area contributed by atoms with Crippen LogP contribution in [-0.2, 0) is 7.86 Å². The smallest absolute Gasteiger partial charge is 1.00 e. The summed E-state index contributed by atoms with van der Waals surface area (Å²) in [6, 6.07) is 0. The number of rotatable bonds is 2. The van der Waals surface area contributed by atoms with Gasteiger partial charge >= 0.3 is 35.5 Å². The van der Waals surface area contributed by atoms with Crippen molar-refractivity contribution in [2.75, 3.05) is 0 Å².